The van der Waals surface area contributed by atoms with E-state index in [9.17, 15) is 14.4 Å². The maximum Gasteiger partial charge on any atom is 0.255 e. The predicted octanol–water partition coefficient (Wildman–Crippen LogP) is 5.03. The van der Waals surface area contributed by atoms with Crippen molar-refractivity contribution in [2.45, 2.75) is 22.5 Å². The van der Waals surface area contributed by atoms with Crippen LogP contribution in [-0.4, -0.2) is 34.5 Å². The topological polar surface area (TPSA) is 75.7 Å². The number of rotatable bonds is 4. The van der Waals surface area contributed by atoms with Gasteiger partial charge in [-0.3, -0.25) is 19.3 Å². The number of fused-ring (bicyclic) bond motifs is 1. The summed E-state index contributed by atoms with van der Waals surface area (Å²) >= 11 is 13.2. The number of anilines is 2. The van der Waals surface area contributed by atoms with Crippen LogP contribution in [0.1, 0.15) is 23.2 Å². The normalized spacial score (nSPS) is 25.4. The van der Waals surface area contributed by atoms with E-state index in [1.807, 2.05) is 0 Å². The standard InChI is InChI=1S/C22H19Br2ClN2O4/c1-31-19-6-5-12(25)8-18(19)26-20(28)11-3-2-4-13(7-11)27-21(29)14-9-16(23)17(24)10-15(14)22(27)30/h2-8,14-17H,9-10H2,1H3,(H,26,28)/t14-,15-,16+,17+/m1/s1. The Morgan fingerprint density at radius 2 is 1.71 bits per heavy atom. The molecule has 0 spiro atoms. The Bertz CT molecular complexity index is 1040. The molecule has 3 amide bonds. The van der Waals surface area contributed by atoms with Gasteiger partial charge in [-0.2, -0.15) is 0 Å². The van der Waals surface area contributed by atoms with Gasteiger partial charge in [-0.15, -0.1) is 0 Å². The van der Waals surface area contributed by atoms with E-state index in [1.54, 1.807) is 42.5 Å². The van der Waals surface area contributed by atoms with Gasteiger partial charge in [-0.05, 0) is 49.2 Å². The molecular formula is C22H19Br2ClN2O4. The second-order valence-electron chi connectivity index (χ2n) is 7.58. The first kappa shape index (κ1) is 22.3. The van der Waals surface area contributed by atoms with Crippen molar-refractivity contribution in [3.05, 3.63) is 53.1 Å². The number of amides is 3. The average molecular weight is 571 g/mol. The Morgan fingerprint density at radius 1 is 1.06 bits per heavy atom. The van der Waals surface area contributed by atoms with Crippen LogP contribution in [0, 0.1) is 11.8 Å². The lowest BCUT2D eigenvalue weighted by atomic mass is 9.81. The summed E-state index contributed by atoms with van der Waals surface area (Å²) in [7, 11) is 1.50. The number of hydrogen-bond acceptors (Lipinski definition) is 4. The minimum Gasteiger partial charge on any atom is -0.495 e. The van der Waals surface area contributed by atoms with Crippen LogP contribution in [-0.2, 0) is 9.59 Å². The second-order valence-corrected chi connectivity index (χ2v) is 10.4. The third kappa shape index (κ3) is 4.25. The molecular weight excluding hydrogens is 552 g/mol. The predicted molar refractivity (Wildman–Crippen MR) is 127 cm³/mol. The van der Waals surface area contributed by atoms with E-state index in [0.717, 1.165) is 0 Å². The van der Waals surface area contributed by atoms with Gasteiger partial charge in [-0.25, -0.2) is 0 Å². The van der Waals surface area contributed by atoms with E-state index >= 15 is 0 Å². The lowest BCUT2D eigenvalue weighted by Crippen LogP contribution is -2.34. The van der Waals surface area contributed by atoms with Gasteiger partial charge in [0.2, 0.25) is 11.8 Å². The molecule has 2 fully saturated rings. The van der Waals surface area contributed by atoms with Crippen LogP contribution in [0.2, 0.25) is 5.02 Å². The molecule has 0 unspecified atom stereocenters. The maximum absolute atomic E-state index is 13.0. The van der Waals surface area contributed by atoms with Crippen LogP contribution in [0.5, 0.6) is 5.75 Å². The molecule has 9 heteroatoms. The van der Waals surface area contributed by atoms with E-state index in [-0.39, 0.29) is 33.3 Å². The number of halogens is 3. The number of alkyl halides is 2. The lowest BCUT2D eigenvalue weighted by Gasteiger charge is -2.29. The molecule has 162 valence electrons. The largest absolute Gasteiger partial charge is 0.495 e. The van der Waals surface area contributed by atoms with Gasteiger partial charge in [0.1, 0.15) is 5.75 Å². The summed E-state index contributed by atoms with van der Waals surface area (Å²) in [5.74, 6) is -1.06. The van der Waals surface area contributed by atoms with Gasteiger partial charge in [0, 0.05) is 20.2 Å². The molecule has 4 atom stereocenters. The third-order valence-electron chi connectivity index (χ3n) is 5.69. The Balaban J connectivity index is 1.59. The monoisotopic (exact) mass is 568 g/mol. The Hall–Kier alpha value is -1.90. The van der Waals surface area contributed by atoms with Gasteiger partial charge in [0.15, 0.2) is 0 Å². The zero-order valence-corrected chi connectivity index (χ0v) is 20.4. The Kier molecular flexibility index (Phi) is 6.42. The van der Waals surface area contributed by atoms with Crippen molar-refractivity contribution in [3.8, 4) is 5.75 Å². The molecule has 1 N–H and O–H groups in total. The van der Waals surface area contributed by atoms with E-state index in [1.165, 1.54) is 12.0 Å². The van der Waals surface area contributed by atoms with Gasteiger partial charge in [-0.1, -0.05) is 49.5 Å². The third-order valence-corrected chi connectivity index (χ3v) is 8.66. The molecule has 1 saturated heterocycles. The molecule has 2 aromatic carbocycles. The van der Waals surface area contributed by atoms with E-state index in [2.05, 4.69) is 37.2 Å². The van der Waals surface area contributed by atoms with Gasteiger partial charge in [0.25, 0.3) is 5.91 Å². The Morgan fingerprint density at radius 3 is 2.32 bits per heavy atom. The molecule has 6 nitrogen and oxygen atoms in total. The lowest BCUT2D eigenvalue weighted by molar-refractivity contribution is -0.122. The smallest absolute Gasteiger partial charge is 0.255 e. The quantitative estimate of drug-likeness (QED) is 0.414. The van der Waals surface area contributed by atoms with Crippen LogP contribution < -0.4 is 15.0 Å². The van der Waals surface area contributed by atoms with Crippen molar-refractivity contribution >= 4 is 72.6 Å². The molecule has 1 aliphatic carbocycles. The van der Waals surface area contributed by atoms with Gasteiger partial charge in [0.05, 0.1) is 30.3 Å². The summed E-state index contributed by atoms with van der Waals surface area (Å²) < 4.78 is 5.26. The molecule has 2 aliphatic rings. The van der Waals surface area contributed by atoms with Crippen LogP contribution in [0.25, 0.3) is 0 Å². The van der Waals surface area contributed by atoms with Crippen molar-refractivity contribution in [1.29, 1.82) is 0 Å². The highest BCUT2D eigenvalue weighted by atomic mass is 79.9. The number of nitrogens with one attached hydrogen (secondary N) is 1. The van der Waals surface area contributed by atoms with Crippen molar-refractivity contribution in [1.82, 2.24) is 0 Å². The summed E-state index contributed by atoms with van der Waals surface area (Å²) in [5, 5.41) is 3.23. The number of nitrogens with zero attached hydrogens (tertiary/aromatic N) is 1. The van der Waals surface area contributed by atoms with Crippen LogP contribution in [0.4, 0.5) is 11.4 Å². The van der Waals surface area contributed by atoms with E-state index in [4.69, 9.17) is 16.3 Å². The fraction of sp³-hybridized carbons (Fsp3) is 0.318. The fourth-order valence-corrected chi connectivity index (χ4v) is 5.52. The minimum atomic E-state index is -0.403. The summed E-state index contributed by atoms with van der Waals surface area (Å²) in [5.41, 5.74) is 1.13. The zero-order valence-electron chi connectivity index (χ0n) is 16.5. The molecule has 31 heavy (non-hydrogen) atoms. The van der Waals surface area contributed by atoms with Crippen molar-refractivity contribution < 1.29 is 19.1 Å². The molecule has 0 radical (unpaired) electrons. The van der Waals surface area contributed by atoms with Crippen molar-refractivity contribution in [2.24, 2.45) is 11.8 Å². The molecule has 2 aromatic rings. The number of hydrogen-bond donors (Lipinski definition) is 1. The highest BCUT2D eigenvalue weighted by Gasteiger charge is 2.52. The average Bonchev–Trinajstić information content (AvgIpc) is 2.98. The minimum absolute atomic E-state index is 0.134. The first-order valence-electron chi connectivity index (χ1n) is 9.71. The van der Waals surface area contributed by atoms with Crippen LogP contribution >= 0.6 is 43.5 Å². The summed E-state index contributed by atoms with van der Waals surface area (Å²) in [6, 6.07) is 11.4. The summed E-state index contributed by atoms with van der Waals surface area (Å²) in [6.45, 7) is 0. The van der Waals surface area contributed by atoms with Gasteiger partial charge >= 0.3 is 0 Å². The Labute approximate surface area is 201 Å². The number of carbonyl (C=O) groups excluding carboxylic acids is 3. The molecule has 0 aromatic heterocycles. The first-order chi connectivity index (χ1) is 14.8. The number of methoxy groups -OCH3 is 1. The molecule has 4 rings (SSSR count). The van der Waals surface area contributed by atoms with Crippen LogP contribution in [0.3, 0.4) is 0 Å². The number of carbonyl (C=O) groups is 3. The molecule has 0 bridgehead atoms. The van der Waals surface area contributed by atoms with Crippen molar-refractivity contribution in [2.75, 3.05) is 17.3 Å². The van der Waals surface area contributed by atoms with Crippen molar-refractivity contribution in [3.63, 3.8) is 0 Å². The second kappa shape index (κ2) is 8.92. The van der Waals surface area contributed by atoms with Gasteiger partial charge < -0.3 is 10.1 Å². The highest BCUT2D eigenvalue weighted by Crippen LogP contribution is 2.44. The molecule has 1 saturated carbocycles. The number of ether oxygens (including phenoxy) is 1. The summed E-state index contributed by atoms with van der Waals surface area (Å²) in [4.78, 5) is 40.4. The van der Waals surface area contributed by atoms with E-state index < -0.39 is 5.91 Å². The number of imide groups is 1. The summed E-state index contributed by atoms with van der Waals surface area (Å²) in [6.07, 6.45) is 1.19. The van der Waals surface area contributed by atoms with Crippen LogP contribution in [0.15, 0.2) is 42.5 Å². The maximum atomic E-state index is 13.0. The molecule has 1 heterocycles. The SMILES string of the molecule is COc1ccc(Cl)cc1NC(=O)c1cccc(N2C(=O)[C@@H]3C[C@H](Br)[C@@H](Br)C[C@H]3C2=O)c1. The highest BCUT2D eigenvalue weighted by molar-refractivity contribution is 9.12. The first-order valence-corrected chi connectivity index (χ1v) is 11.9. The van der Waals surface area contributed by atoms with E-state index in [0.29, 0.717) is 40.6 Å². The molecule has 1 aliphatic heterocycles. The fourth-order valence-electron chi connectivity index (χ4n) is 4.11. The zero-order chi connectivity index (χ0) is 22.3. The number of benzene rings is 2.